The monoisotopic (exact) mass is 325 g/mol. The van der Waals surface area contributed by atoms with Gasteiger partial charge in [-0.05, 0) is 46.1 Å². The van der Waals surface area contributed by atoms with Crippen LogP contribution in [-0.2, 0) is 0 Å². The van der Waals surface area contributed by atoms with Crippen LogP contribution in [0.15, 0.2) is 28.7 Å². The van der Waals surface area contributed by atoms with Crippen molar-refractivity contribution in [3.8, 4) is 0 Å². The van der Waals surface area contributed by atoms with Gasteiger partial charge in [-0.15, -0.1) is 0 Å². The lowest BCUT2D eigenvalue weighted by Gasteiger charge is -2.45. The van der Waals surface area contributed by atoms with E-state index >= 15 is 0 Å². The molecule has 0 spiro atoms. The van der Waals surface area contributed by atoms with E-state index in [0.29, 0.717) is 6.04 Å². The van der Waals surface area contributed by atoms with Crippen LogP contribution in [0.3, 0.4) is 0 Å². The molecule has 4 heteroatoms. The Balaban J connectivity index is 2.16. The van der Waals surface area contributed by atoms with Crippen LogP contribution in [0.4, 0.5) is 5.69 Å². The lowest BCUT2D eigenvalue weighted by Crippen LogP contribution is -2.64. The molecule has 1 atom stereocenters. The summed E-state index contributed by atoms with van der Waals surface area (Å²) in [4.78, 5) is 4.73. The topological polar surface area (TPSA) is 18.5 Å². The van der Waals surface area contributed by atoms with Crippen LogP contribution >= 0.6 is 15.9 Å². The number of benzene rings is 1. The number of hydrogen-bond donors (Lipinski definition) is 1. The molecule has 19 heavy (non-hydrogen) atoms. The van der Waals surface area contributed by atoms with Crippen molar-refractivity contribution in [1.82, 2.24) is 10.2 Å². The first kappa shape index (κ1) is 14.8. The minimum absolute atomic E-state index is 0.140. The summed E-state index contributed by atoms with van der Waals surface area (Å²) in [6.07, 6.45) is 0. The van der Waals surface area contributed by atoms with Crippen LogP contribution in [0.5, 0.6) is 0 Å². The fourth-order valence-corrected chi connectivity index (χ4v) is 3.25. The van der Waals surface area contributed by atoms with Crippen molar-refractivity contribution in [2.75, 3.05) is 38.6 Å². The Kier molecular flexibility index (Phi) is 4.54. The lowest BCUT2D eigenvalue weighted by molar-refractivity contribution is 0.244. The Labute approximate surface area is 125 Å². The van der Waals surface area contributed by atoms with Crippen LogP contribution in [-0.4, -0.2) is 50.2 Å². The van der Waals surface area contributed by atoms with E-state index < -0.39 is 0 Å². The second-order valence-electron chi connectivity index (χ2n) is 6.35. The van der Waals surface area contributed by atoms with E-state index in [4.69, 9.17) is 0 Å². The maximum absolute atomic E-state index is 3.74. The molecule has 1 aromatic rings. The number of rotatable bonds is 3. The molecule has 106 valence electrons. The molecule has 1 aliphatic heterocycles. The standard InChI is InChI=1S/C15H24BrN3/c1-15(2)11-19(10-13(17-15)9-18(3)4)14-7-5-6-12(16)8-14/h5-8,13,17H,9-11H2,1-4H3. The third kappa shape index (κ3) is 4.20. The van der Waals surface area contributed by atoms with Gasteiger partial charge in [0.1, 0.15) is 0 Å². The number of hydrogen-bond acceptors (Lipinski definition) is 3. The summed E-state index contributed by atoms with van der Waals surface area (Å²) >= 11 is 3.56. The summed E-state index contributed by atoms with van der Waals surface area (Å²) in [5.74, 6) is 0. The maximum Gasteiger partial charge on any atom is 0.0378 e. The molecule has 0 aromatic heterocycles. The van der Waals surface area contributed by atoms with Gasteiger partial charge in [0.15, 0.2) is 0 Å². The average molecular weight is 326 g/mol. The molecule has 1 aliphatic rings. The predicted octanol–water partition coefficient (Wildman–Crippen LogP) is 2.57. The van der Waals surface area contributed by atoms with Gasteiger partial charge >= 0.3 is 0 Å². The minimum atomic E-state index is 0.140. The number of nitrogens with zero attached hydrogens (tertiary/aromatic N) is 2. The lowest BCUT2D eigenvalue weighted by atomic mass is 9.97. The molecule has 3 nitrogen and oxygen atoms in total. The second kappa shape index (κ2) is 5.81. The molecule has 1 fully saturated rings. The molecule has 0 amide bonds. The van der Waals surface area contributed by atoms with Crippen LogP contribution in [0, 0.1) is 0 Å². The Morgan fingerprint density at radius 2 is 2.16 bits per heavy atom. The van der Waals surface area contributed by atoms with E-state index in [9.17, 15) is 0 Å². The van der Waals surface area contributed by atoms with Gasteiger partial charge in [-0.1, -0.05) is 22.0 Å². The van der Waals surface area contributed by atoms with Gasteiger partial charge in [-0.25, -0.2) is 0 Å². The fraction of sp³-hybridized carbons (Fsp3) is 0.600. The fourth-order valence-electron chi connectivity index (χ4n) is 2.87. The predicted molar refractivity (Wildman–Crippen MR) is 85.9 cm³/mol. The van der Waals surface area contributed by atoms with E-state index in [1.165, 1.54) is 5.69 Å². The van der Waals surface area contributed by atoms with E-state index in [-0.39, 0.29) is 5.54 Å². The highest BCUT2D eigenvalue weighted by molar-refractivity contribution is 9.10. The number of nitrogens with one attached hydrogen (secondary N) is 1. The zero-order valence-electron chi connectivity index (χ0n) is 12.3. The van der Waals surface area contributed by atoms with Crippen molar-refractivity contribution in [2.24, 2.45) is 0 Å². The van der Waals surface area contributed by atoms with E-state index in [1.807, 2.05) is 0 Å². The van der Waals surface area contributed by atoms with Crippen LogP contribution < -0.4 is 10.2 Å². The first-order valence-electron chi connectivity index (χ1n) is 6.79. The van der Waals surface area contributed by atoms with E-state index in [0.717, 1.165) is 24.1 Å². The summed E-state index contributed by atoms with van der Waals surface area (Å²) < 4.78 is 1.14. The molecule has 0 radical (unpaired) electrons. The molecule has 2 rings (SSSR count). The number of piperazine rings is 1. The number of anilines is 1. The second-order valence-corrected chi connectivity index (χ2v) is 7.26. The van der Waals surface area contributed by atoms with Gasteiger partial charge < -0.3 is 15.1 Å². The van der Waals surface area contributed by atoms with E-state index in [1.54, 1.807) is 0 Å². The van der Waals surface area contributed by atoms with Gasteiger partial charge in [-0.2, -0.15) is 0 Å². The van der Waals surface area contributed by atoms with Gasteiger partial charge in [0.05, 0.1) is 0 Å². The first-order valence-corrected chi connectivity index (χ1v) is 7.58. The molecular weight excluding hydrogens is 302 g/mol. The SMILES string of the molecule is CN(C)CC1CN(c2cccc(Br)c2)CC(C)(C)N1. The van der Waals surface area contributed by atoms with Gasteiger partial charge in [-0.3, -0.25) is 0 Å². The normalized spacial score (nSPS) is 22.8. The van der Waals surface area contributed by atoms with Crippen molar-refractivity contribution in [3.05, 3.63) is 28.7 Å². The summed E-state index contributed by atoms with van der Waals surface area (Å²) in [5.41, 5.74) is 1.44. The highest BCUT2D eigenvalue weighted by Gasteiger charge is 2.32. The molecule has 1 heterocycles. The molecule has 1 N–H and O–H groups in total. The smallest absolute Gasteiger partial charge is 0.0378 e. The molecular formula is C15H24BrN3. The Morgan fingerprint density at radius 1 is 1.42 bits per heavy atom. The third-order valence-corrected chi connectivity index (χ3v) is 3.87. The Hall–Kier alpha value is -0.580. The van der Waals surface area contributed by atoms with Crippen molar-refractivity contribution >= 4 is 21.6 Å². The molecule has 0 saturated carbocycles. The molecule has 1 saturated heterocycles. The molecule has 1 aromatic carbocycles. The van der Waals surface area contributed by atoms with Crippen molar-refractivity contribution < 1.29 is 0 Å². The minimum Gasteiger partial charge on any atom is -0.368 e. The average Bonchev–Trinajstić information content (AvgIpc) is 2.25. The zero-order valence-corrected chi connectivity index (χ0v) is 13.9. The highest BCUT2D eigenvalue weighted by atomic mass is 79.9. The third-order valence-electron chi connectivity index (χ3n) is 3.38. The van der Waals surface area contributed by atoms with Crippen LogP contribution in [0.25, 0.3) is 0 Å². The van der Waals surface area contributed by atoms with Crippen molar-refractivity contribution in [1.29, 1.82) is 0 Å². The van der Waals surface area contributed by atoms with Gasteiger partial charge in [0.2, 0.25) is 0 Å². The van der Waals surface area contributed by atoms with Gasteiger partial charge in [0, 0.05) is 41.4 Å². The molecule has 1 unspecified atom stereocenters. The number of likely N-dealkylation sites (N-methyl/N-ethyl adjacent to an activating group) is 1. The summed E-state index contributed by atoms with van der Waals surface area (Å²) in [7, 11) is 4.26. The number of halogens is 1. The largest absolute Gasteiger partial charge is 0.368 e. The van der Waals surface area contributed by atoms with Crippen LogP contribution in [0.2, 0.25) is 0 Å². The first-order chi connectivity index (χ1) is 8.85. The van der Waals surface area contributed by atoms with Gasteiger partial charge in [0.25, 0.3) is 0 Å². The maximum atomic E-state index is 3.74. The summed E-state index contributed by atoms with van der Waals surface area (Å²) in [6.45, 7) is 7.71. The summed E-state index contributed by atoms with van der Waals surface area (Å²) in [6, 6.07) is 9.08. The molecule has 0 aliphatic carbocycles. The van der Waals surface area contributed by atoms with Crippen molar-refractivity contribution in [2.45, 2.75) is 25.4 Å². The van der Waals surface area contributed by atoms with Crippen molar-refractivity contribution in [3.63, 3.8) is 0 Å². The Bertz CT molecular complexity index is 431. The molecule has 0 bridgehead atoms. The summed E-state index contributed by atoms with van der Waals surface area (Å²) in [5, 5.41) is 3.74. The Morgan fingerprint density at radius 3 is 2.79 bits per heavy atom. The van der Waals surface area contributed by atoms with E-state index in [2.05, 4.69) is 83.3 Å². The highest BCUT2D eigenvalue weighted by Crippen LogP contribution is 2.24. The zero-order chi connectivity index (χ0) is 14.0. The van der Waals surface area contributed by atoms with Crippen LogP contribution in [0.1, 0.15) is 13.8 Å². The quantitative estimate of drug-likeness (QED) is 0.921.